The van der Waals surface area contributed by atoms with Crippen molar-refractivity contribution in [3.63, 3.8) is 0 Å². The van der Waals surface area contributed by atoms with Crippen LogP contribution in [0.25, 0.3) is 0 Å². The van der Waals surface area contributed by atoms with Crippen LogP contribution < -0.4 is 5.32 Å². The van der Waals surface area contributed by atoms with Gasteiger partial charge in [0.2, 0.25) is 5.91 Å². The van der Waals surface area contributed by atoms with Crippen LogP contribution in [0.1, 0.15) is 17.5 Å². The first-order chi connectivity index (χ1) is 9.74. The molecule has 4 nitrogen and oxygen atoms in total. The Balaban J connectivity index is 1.44. The lowest BCUT2D eigenvalue weighted by atomic mass is 10.0. The van der Waals surface area contributed by atoms with Crippen molar-refractivity contribution in [3.05, 3.63) is 35.4 Å². The zero-order chi connectivity index (χ0) is 13.6. The van der Waals surface area contributed by atoms with E-state index in [2.05, 4.69) is 34.5 Å². The predicted octanol–water partition coefficient (Wildman–Crippen LogP) is 0.745. The molecule has 20 heavy (non-hydrogen) atoms. The Labute approximate surface area is 119 Å². The van der Waals surface area contributed by atoms with Gasteiger partial charge in [-0.15, -0.1) is 0 Å². The summed E-state index contributed by atoms with van der Waals surface area (Å²) in [4.78, 5) is 13.8. The third-order valence-corrected chi connectivity index (χ3v) is 5.01. The fourth-order valence-electron chi connectivity index (χ4n) is 3.82. The molecule has 4 heteroatoms. The number of amides is 1. The van der Waals surface area contributed by atoms with Crippen molar-refractivity contribution in [1.82, 2.24) is 10.2 Å². The Kier molecular flexibility index (Phi) is 2.82. The zero-order valence-corrected chi connectivity index (χ0v) is 11.6. The Hall–Kier alpha value is -1.39. The van der Waals surface area contributed by atoms with E-state index in [1.165, 1.54) is 11.1 Å². The van der Waals surface area contributed by atoms with Crippen molar-refractivity contribution >= 4 is 5.91 Å². The minimum atomic E-state index is -0.136. The monoisotopic (exact) mass is 272 g/mol. The first kappa shape index (κ1) is 12.4. The van der Waals surface area contributed by atoms with Gasteiger partial charge in [-0.1, -0.05) is 24.3 Å². The highest BCUT2D eigenvalue weighted by Crippen LogP contribution is 2.33. The smallest absolute Gasteiger partial charge is 0.246 e. The van der Waals surface area contributed by atoms with Gasteiger partial charge in [0.1, 0.15) is 6.61 Å². The molecule has 1 unspecified atom stereocenters. The number of fused-ring (bicyclic) bond motifs is 1. The van der Waals surface area contributed by atoms with Gasteiger partial charge >= 0.3 is 0 Å². The molecule has 2 heterocycles. The van der Waals surface area contributed by atoms with Gasteiger partial charge in [0.25, 0.3) is 0 Å². The number of nitrogens with one attached hydrogen (secondary N) is 1. The number of hydrogen-bond acceptors (Lipinski definition) is 3. The Morgan fingerprint density at radius 1 is 1.25 bits per heavy atom. The molecule has 0 saturated carbocycles. The minimum absolute atomic E-state index is 0.0161. The first-order valence-electron chi connectivity index (χ1n) is 7.46. The van der Waals surface area contributed by atoms with Crippen LogP contribution >= 0.6 is 0 Å². The standard InChI is InChI=1S/C16H20N2O2/c19-15-9-20-16(10-17-15)5-6-18(11-16)14-7-12-3-1-2-4-13(12)8-14/h1-4,14H,5-11H2,(H,17,19). The van der Waals surface area contributed by atoms with Gasteiger partial charge in [-0.3, -0.25) is 9.69 Å². The molecular formula is C16H20N2O2. The Bertz CT molecular complexity index is 508. The van der Waals surface area contributed by atoms with E-state index in [-0.39, 0.29) is 18.1 Å². The number of carbonyl (C=O) groups excluding carboxylic acids is 1. The first-order valence-corrected chi connectivity index (χ1v) is 7.46. The molecule has 0 aromatic heterocycles. The van der Waals surface area contributed by atoms with E-state index >= 15 is 0 Å². The quantitative estimate of drug-likeness (QED) is 0.820. The van der Waals surface area contributed by atoms with E-state index in [0.29, 0.717) is 12.6 Å². The van der Waals surface area contributed by atoms with Crippen LogP contribution in [0, 0.1) is 0 Å². The minimum Gasteiger partial charge on any atom is -0.362 e. The third-order valence-electron chi connectivity index (χ3n) is 5.01. The molecule has 1 amide bonds. The molecule has 1 N–H and O–H groups in total. The van der Waals surface area contributed by atoms with Gasteiger partial charge in [0.05, 0.1) is 5.60 Å². The third kappa shape index (κ3) is 2.03. The lowest BCUT2D eigenvalue weighted by molar-refractivity contribution is -0.142. The molecule has 0 bridgehead atoms. The topological polar surface area (TPSA) is 41.6 Å². The molecule has 2 fully saturated rings. The van der Waals surface area contributed by atoms with E-state index in [0.717, 1.165) is 32.4 Å². The summed E-state index contributed by atoms with van der Waals surface area (Å²) in [5.41, 5.74) is 2.86. The number of nitrogens with zero attached hydrogens (tertiary/aromatic N) is 1. The largest absolute Gasteiger partial charge is 0.362 e. The molecule has 1 aliphatic carbocycles. The van der Waals surface area contributed by atoms with E-state index in [1.54, 1.807) is 0 Å². The molecule has 0 radical (unpaired) electrons. The summed E-state index contributed by atoms with van der Waals surface area (Å²) in [5.74, 6) is 0.0161. The molecule has 2 saturated heterocycles. The van der Waals surface area contributed by atoms with Gasteiger partial charge in [0, 0.05) is 25.7 Å². The van der Waals surface area contributed by atoms with Crippen molar-refractivity contribution in [2.45, 2.75) is 30.9 Å². The molecule has 4 rings (SSSR count). The fraction of sp³-hybridized carbons (Fsp3) is 0.562. The highest BCUT2D eigenvalue weighted by molar-refractivity contribution is 5.78. The van der Waals surface area contributed by atoms with Crippen LogP contribution in [0.4, 0.5) is 0 Å². The normalized spacial score (nSPS) is 30.7. The van der Waals surface area contributed by atoms with Crippen molar-refractivity contribution in [1.29, 1.82) is 0 Å². The number of rotatable bonds is 1. The number of morpholine rings is 1. The summed E-state index contributed by atoms with van der Waals surface area (Å²) < 4.78 is 5.85. The summed E-state index contributed by atoms with van der Waals surface area (Å²) in [6.07, 6.45) is 3.33. The van der Waals surface area contributed by atoms with Crippen LogP contribution in [-0.2, 0) is 22.4 Å². The van der Waals surface area contributed by atoms with Crippen molar-refractivity contribution in [2.75, 3.05) is 26.2 Å². The molecular weight excluding hydrogens is 252 g/mol. The lowest BCUT2D eigenvalue weighted by Gasteiger charge is -2.34. The maximum absolute atomic E-state index is 11.2. The predicted molar refractivity (Wildman–Crippen MR) is 75.5 cm³/mol. The molecule has 2 aliphatic heterocycles. The van der Waals surface area contributed by atoms with Crippen LogP contribution in [0.5, 0.6) is 0 Å². The van der Waals surface area contributed by atoms with E-state index in [9.17, 15) is 4.79 Å². The van der Waals surface area contributed by atoms with Gasteiger partial charge < -0.3 is 10.1 Å². The van der Waals surface area contributed by atoms with Crippen LogP contribution in [0.15, 0.2) is 24.3 Å². The Morgan fingerprint density at radius 2 is 2.00 bits per heavy atom. The fourth-order valence-corrected chi connectivity index (χ4v) is 3.82. The average molecular weight is 272 g/mol. The number of ether oxygens (including phenoxy) is 1. The lowest BCUT2D eigenvalue weighted by Crippen LogP contribution is -2.54. The molecule has 106 valence electrons. The Morgan fingerprint density at radius 3 is 2.65 bits per heavy atom. The maximum atomic E-state index is 11.2. The number of benzene rings is 1. The maximum Gasteiger partial charge on any atom is 0.246 e. The second-order valence-electron chi connectivity index (χ2n) is 6.30. The highest BCUT2D eigenvalue weighted by Gasteiger charge is 2.44. The summed E-state index contributed by atoms with van der Waals surface area (Å²) in [5, 5.41) is 2.95. The zero-order valence-electron chi connectivity index (χ0n) is 11.6. The van der Waals surface area contributed by atoms with Crippen molar-refractivity contribution in [3.8, 4) is 0 Å². The summed E-state index contributed by atoms with van der Waals surface area (Å²) in [6, 6.07) is 9.36. The summed E-state index contributed by atoms with van der Waals surface area (Å²) in [7, 11) is 0. The highest BCUT2D eigenvalue weighted by atomic mass is 16.5. The number of carbonyl (C=O) groups is 1. The van der Waals surface area contributed by atoms with Crippen LogP contribution in [-0.4, -0.2) is 48.7 Å². The second kappa shape index (κ2) is 4.57. The van der Waals surface area contributed by atoms with E-state index in [4.69, 9.17) is 4.74 Å². The average Bonchev–Trinajstić information content (AvgIpc) is 3.07. The molecule has 1 aromatic carbocycles. The molecule has 3 aliphatic rings. The number of likely N-dealkylation sites (tertiary alicyclic amines) is 1. The summed E-state index contributed by atoms with van der Waals surface area (Å²) in [6.45, 7) is 2.92. The van der Waals surface area contributed by atoms with Crippen LogP contribution in [0.2, 0.25) is 0 Å². The van der Waals surface area contributed by atoms with E-state index in [1.807, 2.05) is 0 Å². The van der Waals surface area contributed by atoms with Gasteiger partial charge in [-0.05, 0) is 30.4 Å². The van der Waals surface area contributed by atoms with Crippen molar-refractivity contribution < 1.29 is 9.53 Å². The molecule has 1 spiro atoms. The van der Waals surface area contributed by atoms with E-state index < -0.39 is 0 Å². The second-order valence-corrected chi connectivity index (χ2v) is 6.30. The van der Waals surface area contributed by atoms with Crippen LogP contribution in [0.3, 0.4) is 0 Å². The molecule has 1 aromatic rings. The SMILES string of the molecule is O=C1COC2(CCN(C3Cc4ccccc4C3)C2)CN1. The van der Waals surface area contributed by atoms with Gasteiger partial charge in [-0.2, -0.15) is 0 Å². The molecule has 1 atom stereocenters. The van der Waals surface area contributed by atoms with Gasteiger partial charge in [0.15, 0.2) is 0 Å². The summed E-state index contributed by atoms with van der Waals surface area (Å²) >= 11 is 0. The van der Waals surface area contributed by atoms with Gasteiger partial charge in [-0.25, -0.2) is 0 Å². The number of hydrogen-bond donors (Lipinski definition) is 1. The van der Waals surface area contributed by atoms with Crippen molar-refractivity contribution in [2.24, 2.45) is 0 Å².